The van der Waals surface area contributed by atoms with Gasteiger partial charge in [0.05, 0.1) is 12.1 Å². The van der Waals surface area contributed by atoms with Crippen molar-refractivity contribution in [3.05, 3.63) is 23.9 Å². The third-order valence-corrected chi connectivity index (χ3v) is 4.44. The van der Waals surface area contributed by atoms with Crippen LogP contribution < -0.4 is 15.5 Å². The molecule has 6 heteroatoms. The molecule has 1 saturated heterocycles. The highest BCUT2D eigenvalue weighted by atomic mass is 16.2. The lowest BCUT2D eigenvalue weighted by Crippen LogP contribution is -2.43. The third-order valence-electron chi connectivity index (χ3n) is 4.44. The smallest absolute Gasteiger partial charge is 0.253 e. The predicted octanol–water partition coefficient (Wildman–Crippen LogP) is 1.82. The monoisotopic (exact) mass is 356 g/mol. The van der Waals surface area contributed by atoms with E-state index in [-0.39, 0.29) is 23.8 Å². The summed E-state index contributed by atoms with van der Waals surface area (Å²) >= 11 is 0. The first-order valence-electron chi connectivity index (χ1n) is 9.02. The number of anilines is 1. The van der Waals surface area contributed by atoms with Gasteiger partial charge in [0.25, 0.3) is 5.91 Å². The number of hydrogen-bond acceptors (Lipinski definition) is 4. The average molecular weight is 356 g/mol. The summed E-state index contributed by atoms with van der Waals surface area (Å²) in [7, 11) is 0. The van der Waals surface area contributed by atoms with Gasteiger partial charge < -0.3 is 15.5 Å². The maximum atomic E-state index is 12.0. The van der Waals surface area contributed by atoms with Gasteiger partial charge in [-0.25, -0.2) is 4.98 Å². The van der Waals surface area contributed by atoms with E-state index in [9.17, 15) is 9.59 Å². The molecule has 1 atom stereocenters. The van der Waals surface area contributed by atoms with Crippen molar-refractivity contribution < 1.29 is 9.59 Å². The molecule has 2 amide bonds. The van der Waals surface area contributed by atoms with Gasteiger partial charge in [-0.05, 0) is 30.9 Å². The summed E-state index contributed by atoms with van der Waals surface area (Å²) in [5, 5.41) is 5.68. The summed E-state index contributed by atoms with van der Waals surface area (Å²) in [6.07, 6.45) is 8.87. The Hall–Kier alpha value is -2.55. The van der Waals surface area contributed by atoms with Gasteiger partial charge >= 0.3 is 0 Å². The quantitative estimate of drug-likeness (QED) is 0.790. The van der Waals surface area contributed by atoms with E-state index in [0.29, 0.717) is 18.0 Å². The molecular weight excluding hydrogens is 328 g/mol. The van der Waals surface area contributed by atoms with E-state index in [1.807, 2.05) is 26.8 Å². The van der Waals surface area contributed by atoms with Crippen molar-refractivity contribution >= 4 is 17.6 Å². The molecule has 1 fully saturated rings. The minimum atomic E-state index is -0.369. The van der Waals surface area contributed by atoms with Gasteiger partial charge in [-0.2, -0.15) is 0 Å². The summed E-state index contributed by atoms with van der Waals surface area (Å²) in [5.74, 6) is 3.49. The van der Waals surface area contributed by atoms with Crippen molar-refractivity contribution in [3.8, 4) is 12.3 Å². The van der Waals surface area contributed by atoms with Crippen molar-refractivity contribution in [1.82, 2.24) is 15.6 Å². The van der Waals surface area contributed by atoms with Crippen LogP contribution in [0.4, 0.5) is 5.82 Å². The largest absolute Gasteiger partial charge is 0.356 e. The molecule has 2 N–H and O–H groups in total. The third kappa shape index (κ3) is 5.48. The minimum Gasteiger partial charge on any atom is -0.356 e. The fourth-order valence-electron chi connectivity index (χ4n) is 2.88. The number of piperidine rings is 1. The van der Waals surface area contributed by atoms with Crippen molar-refractivity contribution in [3.63, 3.8) is 0 Å². The Morgan fingerprint density at radius 3 is 2.73 bits per heavy atom. The van der Waals surface area contributed by atoms with Gasteiger partial charge in [-0.1, -0.05) is 26.7 Å². The highest BCUT2D eigenvalue weighted by molar-refractivity contribution is 5.94. The van der Waals surface area contributed by atoms with Gasteiger partial charge in [0, 0.05) is 31.2 Å². The molecule has 26 heavy (non-hydrogen) atoms. The molecule has 6 nitrogen and oxygen atoms in total. The molecule has 0 aromatic carbocycles. The maximum absolute atomic E-state index is 12.0. The molecule has 0 saturated carbocycles. The number of carbonyl (C=O) groups excluding carboxylic acids is 2. The van der Waals surface area contributed by atoms with Crippen molar-refractivity contribution in [2.24, 2.45) is 11.3 Å². The van der Waals surface area contributed by atoms with Crippen LogP contribution in [0.3, 0.4) is 0 Å². The van der Waals surface area contributed by atoms with Gasteiger partial charge in [-0.15, -0.1) is 6.42 Å². The van der Waals surface area contributed by atoms with Crippen LogP contribution in [0.15, 0.2) is 18.3 Å². The summed E-state index contributed by atoms with van der Waals surface area (Å²) in [6.45, 7) is 8.41. The Morgan fingerprint density at radius 2 is 2.12 bits per heavy atom. The molecular formula is C20H28N4O2. The molecule has 1 aromatic rings. The second kappa shape index (κ2) is 8.70. The number of carbonyl (C=O) groups is 2. The van der Waals surface area contributed by atoms with Crippen LogP contribution in [-0.4, -0.2) is 43.0 Å². The Labute approximate surface area is 155 Å². The van der Waals surface area contributed by atoms with Crippen LogP contribution in [0.2, 0.25) is 0 Å². The number of nitrogens with zero attached hydrogens (tertiary/aromatic N) is 2. The molecule has 1 aromatic heterocycles. The van der Waals surface area contributed by atoms with E-state index < -0.39 is 0 Å². The molecule has 0 radical (unpaired) electrons. The number of rotatable bonds is 5. The fraction of sp³-hybridized carbons (Fsp3) is 0.550. The van der Waals surface area contributed by atoms with Crippen LogP contribution in [0, 0.1) is 23.7 Å². The normalized spacial score (nSPS) is 17.3. The zero-order chi connectivity index (χ0) is 19.2. The Bertz CT molecular complexity index is 671. The zero-order valence-corrected chi connectivity index (χ0v) is 15.8. The summed E-state index contributed by atoms with van der Waals surface area (Å²) in [4.78, 5) is 30.6. The number of terminal acetylenes is 1. The lowest BCUT2D eigenvalue weighted by molar-refractivity contribution is -0.128. The van der Waals surface area contributed by atoms with Crippen LogP contribution >= 0.6 is 0 Å². The maximum Gasteiger partial charge on any atom is 0.253 e. The predicted molar refractivity (Wildman–Crippen MR) is 103 cm³/mol. The van der Waals surface area contributed by atoms with Crippen LogP contribution in [0.1, 0.15) is 44.0 Å². The highest BCUT2D eigenvalue weighted by Crippen LogP contribution is 2.22. The van der Waals surface area contributed by atoms with E-state index in [2.05, 4.69) is 26.4 Å². The minimum absolute atomic E-state index is 0.0788. The summed E-state index contributed by atoms with van der Waals surface area (Å²) < 4.78 is 0. The highest BCUT2D eigenvalue weighted by Gasteiger charge is 2.25. The van der Waals surface area contributed by atoms with Gasteiger partial charge in [0.2, 0.25) is 5.91 Å². The molecule has 1 aliphatic rings. The second-order valence-corrected chi connectivity index (χ2v) is 7.71. The number of amides is 2. The standard InChI is InChI=1S/C20H28N4O2/c1-5-10-21-18(25)16-8-9-17(22-13-16)24-11-6-7-15(14-24)12-23-19(26)20(2,3)4/h1,8-9,13,15H,6-7,10-12,14H2,2-4H3,(H,21,25)(H,23,26). The Kier molecular flexibility index (Phi) is 6.62. The van der Waals surface area contributed by atoms with Gasteiger partial charge in [0.1, 0.15) is 5.82 Å². The molecule has 1 aliphatic heterocycles. The molecule has 1 unspecified atom stereocenters. The second-order valence-electron chi connectivity index (χ2n) is 7.71. The van der Waals surface area contributed by atoms with E-state index in [0.717, 1.165) is 31.7 Å². The van der Waals surface area contributed by atoms with E-state index in [1.165, 1.54) is 0 Å². The van der Waals surface area contributed by atoms with Crippen molar-refractivity contribution in [2.75, 3.05) is 31.1 Å². The molecule has 140 valence electrons. The number of aromatic nitrogens is 1. The van der Waals surface area contributed by atoms with Crippen molar-refractivity contribution in [2.45, 2.75) is 33.6 Å². The zero-order valence-electron chi connectivity index (χ0n) is 15.8. The first kappa shape index (κ1) is 19.8. The fourth-order valence-corrected chi connectivity index (χ4v) is 2.88. The average Bonchev–Trinajstić information content (AvgIpc) is 2.63. The first-order chi connectivity index (χ1) is 12.3. The molecule has 0 bridgehead atoms. The van der Waals surface area contributed by atoms with Crippen LogP contribution in [-0.2, 0) is 4.79 Å². The molecule has 0 aliphatic carbocycles. The number of hydrogen-bond donors (Lipinski definition) is 2. The summed E-state index contributed by atoms with van der Waals surface area (Å²) in [6, 6.07) is 3.63. The molecule has 2 heterocycles. The van der Waals surface area contributed by atoms with E-state index in [1.54, 1.807) is 12.3 Å². The Balaban J connectivity index is 1.91. The first-order valence-corrected chi connectivity index (χ1v) is 9.02. The van der Waals surface area contributed by atoms with Gasteiger partial charge in [-0.3, -0.25) is 9.59 Å². The summed E-state index contributed by atoms with van der Waals surface area (Å²) in [5.41, 5.74) is 0.126. The van der Waals surface area contributed by atoms with Crippen LogP contribution in [0.25, 0.3) is 0 Å². The van der Waals surface area contributed by atoms with Crippen molar-refractivity contribution in [1.29, 1.82) is 0 Å². The SMILES string of the molecule is C#CCNC(=O)c1ccc(N2CCCC(CNC(=O)C(C)(C)C)C2)nc1. The lowest BCUT2D eigenvalue weighted by Gasteiger charge is -2.34. The number of nitrogens with one attached hydrogen (secondary N) is 2. The van der Waals surface area contributed by atoms with E-state index in [4.69, 9.17) is 6.42 Å². The lowest BCUT2D eigenvalue weighted by atomic mass is 9.94. The topological polar surface area (TPSA) is 74.3 Å². The Morgan fingerprint density at radius 1 is 1.35 bits per heavy atom. The van der Waals surface area contributed by atoms with E-state index >= 15 is 0 Å². The molecule has 2 rings (SSSR count). The molecule has 0 spiro atoms. The number of pyridine rings is 1. The van der Waals surface area contributed by atoms with Gasteiger partial charge in [0.15, 0.2) is 0 Å². The van der Waals surface area contributed by atoms with Crippen LogP contribution in [0.5, 0.6) is 0 Å².